The maximum Gasteiger partial charge on any atom is 0.127 e. The number of hydrogen-bond acceptors (Lipinski definition) is 3. The minimum Gasteiger partial charge on any atom is -0.385 e. The van der Waals surface area contributed by atoms with Gasteiger partial charge in [0.2, 0.25) is 0 Å². The second-order valence-corrected chi connectivity index (χ2v) is 5.20. The Bertz CT molecular complexity index is 455. The van der Waals surface area contributed by atoms with Gasteiger partial charge in [-0.1, -0.05) is 15.9 Å². The van der Waals surface area contributed by atoms with Crippen molar-refractivity contribution >= 4 is 21.8 Å². The summed E-state index contributed by atoms with van der Waals surface area (Å²) in [5, 5.41) is 7.38. The zero-order valence-electron chi connectivity index (χ0n) is 9.83. The van der Waals surface area contributed by atoms with Gasteiger partial charge in [-0.3, -0.25) is 10.3 Å². The molecule has 0 radical (unpaired) electrons. The quantitative estimate of drug-likeness (QED) is 0.659. The summed E-state index contributed by atoms with van der Waals surface area (Å²) in [5.74, 6) is -0.196. The van der Waals surface area contributed by atoms with Crippen LogP contribution in [0.4, 0.5) is 4.39 Å². The molecular formula is C12H15BrFN3O. The molecule has 1 fully saturated rings. The predicted molar refractivity (Wildman–Crippen MR) is 71.0 cm³/mol. The Morgan fingerprint density at radius 3 is 3.11 bits per heavy atom. The van der Waals surface area contributed by atoms with Crippen LogP contribution in [-0.4, -0.2) is 36.5 Å². The van der Waals surface area contributed by atoms with E-state index in [-0.39, 0.29) is 17.8 Å². The molecule has 0 aliphatic carbocycles. The molecule has 1 aliphatic rings. The zero-order chi connectivity index (χ0) is 13.1. The van der Waals surface area contributed by atoms with Crippen molar-refractivity contribution in [3.8, 4) is 0 Å². The molecule has 1 aliphatic heterocycles. The lowest BCUT2D eigenvalue weighted by atomic mass is 10.1. The van der Waals surface area contributed by atoms with Crippen molar-refractivity contribution < 1.29 is 9.13 Å². The van der Waals surface area contributed by atoms with Crippen molar-refractivity contribution in [3.05, 3.63) is 34.1 Å². The van der Waals surface area contributed by atoms with Gasteiger partial charge in [0.1, 0.15) is 17.8 Å². The normalized spacial score (nSPS) is 20.9. The SMILES string of the molecule is N=C(N)C1CN(Cc2cc(Br)ccc2F)CCO1. The molecule has 1 unspecified atom stereocenters. The number of benzene rings is 1. The Kier molecular flexibility index (Phi) is 4.31. The smallest absolute Gasteiger partial charge is 0.127 e. The second kappa shape index (κ2) is 5.77. The summed E-state index contributed by atoms with van der Waals surface area (Å²) in [7, 11) is 0. The van der Waals surface area contributed by atoms with Gasteiger partial charge in [-0.15, -0.1) is 0 Å². The van der Waals surface area contributed by atoms with E-state index in [4.69, 9.17) is 15.9 Å². The maximum atomic E-state index is 13.6. The number of halogens is 2. The van der Waals surface area contributed by atoms with Crippen LogP contribution in [0.1, 0.15) is 5.56 Å². The van der Waals surface area contributed by atoms with Gasteiger partial charge >= 0.3 is 0 Å². The third kappa shape index (κ3) is 3.28. The van der Waals surface area contributed by atoms with Gasteiger partial charge in [0, 0.05) is 29.7 Å². The van der Waals surface area contributed by atoms with E-state index in [0.29, 0.717) is 25.3 Å². The summed E-state index contributed by atoms with van der Waals surface area (Å²) in [6.07, 6.45) is -0.381. The summed E-state index contributed by atoms with van der Waals surface area (Å²) in [5.41, 5.74) is 6.06. The van der Waals surface area contributed by atoms with Crippen LogP contribution < -0.4 is 5.73 Å². The largest absolute Gasteiger partial charge is 0.385 e. The highest BCUT2D eigenvalue weighted by Gasteiger charge is 2.23. The number of amidine groups is 1. The summed E-state index contributed by atoms with van der Waals surface area (Å²) in [4.78, 5) is 2.04. The van der Waals surface area contributed by atoms with Crippen molar-refractivity contribution in [1.82, 2.24) is 4.90 Å². The number of hydrogen-bond donors (Lipinski definition) is 2. The van der Waals surface area contributed by atoms with E-state index in [1.807, 2.05) is 4.90 Å². The Balaban J connectivity index is 2.04. The average Bonchev–Trinajstić information content (AvgIpc) is 2.34. The Labute approximate surface area is 114 Å². The van der Waals surface area contributed by atoms with Crippen LogP contribution in [0, 0.1) is 11.2 Å². The van der Waals surface area contributed by atoms with E-state index in [1.54, 1.807) is 12.1 Å². The molecule has 6 heteroatoms. The topological polar surface area (TPSA) is 62.3 Å². The van der Waals surface area contributed by atoms with Gasteiger partial charge in [0.15, 0.2) is 0 Å². The van der Waals surface area contributed by atoms with E-state index in [2.05, 4.69) is 15.9 Å². The number of nitrogens with two attached hydrogens (primary N) is 1. The molecule has 0 aromatic heterocycles. The highest BCUT2D eigenvalue weighted by Crippen LogP contribution is 2.18. The summed E-state index contributed by atoms with van der Waals surface area (Å²) in [6, 6.07) is 4.90. The van der Waals surface area contributed by atoms with Gasteiger partial charge in [0.05, 0.1) is 6.61 Å². The van der Waals surface area contributed by atoms with E-state index >= 15 is 0 Å². The monoisotopic (exact) mass is 315 g/mol. The number of ether oxygens (including phenoxy) is 1. The fraction of sp³-hybridized carbons (Fsp3) is 0.417. The van der Waals surface area contributed by atoms with Crippen LogP contribution in [-0.2, 0) is 11.3 Å². The molecule has 1 aromatic rings. The number of morpholine rings is 1. The molecule has 0 saturated carbocycles. The maximum absolute atomic E-state index is 13.6. The van der Waals surface area contributed by atoms with Crippen LogP contribution in [0.3, 0.4) is 0 Å². The molecular weight excluding hydrogens is 301 g/mol. The molecule has 0 bridgehead atoms. The standard InChI is InChI=1S/C12H15BrFN3O/c13-9-1-2-10(14)8(5-9)6-17-3-4-18-11(7-17)12(15)16/h1-2,5,11H,3-4,6-7H2,(H3,15,16). The third-order valence-corrected chi connectivity index (χ3v) is 3.39. The van der Waals surface area contributed by atoms with Gasteiger partial charge in [0.25, 0.3) is 0 Å². The molecule has 1 atom stereocenters. The Hall–Kier alpha value is -0.980. The van der Waals surface area contributed by atoms with E-state index < -0.39 is 0 Å². The Morgan fingerprint density at radius 1 is 1.61 bits per heavy atom. The van der Waals surface area contributed by atoms with Crippen LogP contribution in [0.5, 0.6) is 0 Å². The van der Waals surface area contributed by atoms with Crippen LogP contribution >= 0.6 is 15.9 Å². The molecule has 1 aromatic carbocycles. The molecule has 0 spiro atoms. The fourth-order valence-corrected chi connectivity index (χ4v) is 2.35. The number of nitrogens with zero attached hydrogens (tertiary/aromatic N) is 1. The lowest BCUT2D eigenvalue weighted by Gasteiger charge is -2.32. The van der Waals surface area contributed by atoms with Gasteiger partial charge in [-0.05, 0) is 18.2 Å². The summed E-state index contributed by atoms with van der Waals surface area (Å²) in [6.45, 7) is 2.26. The highest BCUT2D eigenvalue weighted by atomic mass is 79.9. The minimum atomic E-state index is -0.381. The first-order chi connectivity index (χ1) is 8.56. The molecule has 4 nitrogen and oxygen atoms in total. The van der Waals surface area contributed by atoms with Gasteiger partial charge in [-0.2, -0.15) is 0 Å². The zero-order valence-corrected chi connectivity index (χ0v) is 11.4. The summed E-state index contributed by atoms with van der Waals surface area (Å²) >= 11 is 3.33. The lowest BCUT2D eigenvalue weighted by molar-refractivity contribution is 0.00199. The molecule has 1 heterocycles. The number of nitrogens with one attached hydrogen (secondary N) is 1. The van der Waals surface area contributed by atoms with E-state index in [1.165, 1.54) is 6.07 Å². The van der Waals surface area contributed by atoms with Crippen molar-refractivity contribution in [2.24, 2.45) is 5.73 Å². The first-order valence-electron chi connectivity index (χ1n) is 5.68. The molecule has 1 saturated heterocycles. The fourth-order valence-electron chi connectivity index (χ4n) is 1.94. The van der Waals surface area contributed by atoms with Crippen molar-refractivity contribution in [3.63, 3.8) is 0 Å². The molecule has 18 heavy (non-hydrogen) atoms. The lowest BCUT2D eigenvalue weighted by Crippen LogP contribution is -2.47. The van der Waals surface area contributed by atoms with Crippen LogP contribution in [0.25, 0.3) is 0 Å². The van der Waals surface area contributed by atoms with Crippen molar-refractivity contribution in [1.29, 1.82) is 5.41 Å². The molecule has 3 N–H and O–H groups in total. The first-order valence-corrected chi connectivity index (χ1v) is 6.47. The molecule has 2 rings (SSSR count). The van der Waals surface area contributed by atoms with Crippen molar-refractivity contribution in [2.75, 3.05) is 19.7 Å². The van der Waals surface area contributed by atoms with E-state index in [9.17, 15) is 4.39 Å². The van der Waals surface area contributed by atoms with Gasteiger partial charge in [-0.25, -0.2) is 4.39 Å². The van der Waals surface area contributed by atoms with Crippen LogP contribution in [0.15, 0.2) is 22.7 Å². The van der Waals surface area contributed by atoms with Crippen LogP contribution in [0.2, 0.25) is 0 Å². The summed E-state index contributed by atoms with van der Waals surface area (Å²) < 4.78 is 19.9. The highest BCUT2D eigenvalue weighted by molar-refractivity contribution is 9.10. The third-order valence-electron chi connectivity index (χ3n) is 2.90. The molecule has 98 valence electrons. The first kappa shape index (κ1) is 13.5. The Morgan fingerprint density at radius 2 is 2.39 bits per heavy atom. The van der Waals surface area contributed by atoms with E-state index in [0.717, 1.165) is 11.0 Å². The average molecular weight is 316 g/mol. The minimum absolute atomic E-state index is 0.0226. The second-order valence-electron chi connectivity index (χ2n) is 4.29. The number of rotatable bonds is 3. The predicted octanol–water partition coefficient (Wildman–Crippen LogP) is 1.72. The van der Waals surface area contributed by atoms with Crippen molar-refractivity contribution in [2.45, 2.75) is 12.6 Å². The molecule has 0 amide bonds. The van der Waals surface area contributed by atoms with Gasteiger partial charge < -0.3 is 10.5 Å².